The molecule has 0 aliphatic carbocycles. The van der Waals surface area contributed by atoms with Crippen LogP contribution in [0, 0.1) is 0 Å². The molecule has 0 bridgehead atoms. The number of hydrogen-bond donors (Lipinski definition) is 1. The SMILES string of the molecule is CCN(CC(=O)N1CCc2ccccc21)C(C)(C)C(=O)O. The topological polar surface area (TPSA) is 60.9 Å². The van der Waals surface area contributed by atoms with Gasteiger partial charge in [0.05, 0.1) is 6.54 Å². The number of hydrogen-bond acceptors (Lipinski definition) is 3. The van der Waals surface area contributed by atoms with Gasteiger partial charge in [0.2, 0.25) is 5.91 Å². The fourth-order valence-corrected chi connectivity index (χ4v) is 2.69. The van der Waals surface area contributed by atoms with E-state index in [0.717, 1.165) is 12.1 Å². The van der Waals surface area contributed by atoms with E-state index in [9.17, 15) is 14.7 Å². The first-order valence-electron chi connectivity index (χ1n) is 7.24. The van der Waals surface area contributed by atoms with E-state index in [2.05, 4.69) is 0 Å². The summed E-state index contributed by atoms with van der Waals surface area (Å²) in [6.07, 6.45) is 0.858. The lowest BCUT2D eigenvalue weighted by atomic mass is 10.0. The second kappa shape index (κ2) is 5.85. The van der Waals surface area contributed by atoms with Crippen molar-refractivity contribution in [2.75, 3.05) is 24.5 Å². The van der Waals surface area contributed by atoms with Crippen molar-refractivity contribution < 1.29 is 14.7 Å². The summed E-state index contributed by atoms with van der Waals surface area (Å²) in [5, 5.41) is 9.31. The summed E-state index contributed by atoms with van der Waals surface area (Å²) in [4.78, 5) is 27.3. The van der Waals surface area contributed by atoms with Crippen molar-refractivity contribution in [3.63, 3.8) is 0 Å². The molecule has 0 radical (unpaired) electrons. The van der Waals surface area contributed by atoms with E-state index in [0.29, 0.717) is 13.1 Å². The molecule has 0 unspecified atom stereocenters. The normalized spacial score (nSPS) is 14.4. The summed E-state index contributed by atoms with van der Waals surface area (Å²) in [6.45, 7) is 6.43. The molecule has 2 rings (SSSR count). The second-order valence-electron chi connectivity index (χ2n) is 5.80. The van der Waals surface area contributed by atoms with Crippen molar-refractivity contribution in [1.82, 2.24) is 4.90 Å². The highest BCUT2D eigenvalue weighted by Crippen LogP contribution is 2.28. The van der Waals surface area contributed by atoms with Gasteiger partial charge in [-0.3, -0.25) is 14.5 Å². The van der Waals surface area contributed by atoms with Crippen molar-refractivity contribution >= 4 is 17.6 Å². The number of fused-ring (bicyclic) bond motifs is 1. The fraction of sp³-hybridized carbons (Fsp3) is 0.500. The largest absolute Gasteiger partial charge is 0.480 e. The lowest BCUT2D eigenvalue weighted by Crippen LogP contribution is -2.53. The highest BCUT2D eigenvalue weighted by Gasteiger charge is 2.36. The van der Waals surface area contributed by atoms with Crippen LogP contribution in [0.4, 0.5) is 5.69 Å². The van der Waals surface area contributed by atoms with Crippen LogP contribution in [0.15, 0.2) is 24.3 Å². The molecule has 1 N–H and O–H groups in total. The molecule has 0 spiro atoms. The van der Waals surface area contributed by atoms with Crippen molar-refractivity contribution in [2.24, 2.45) is 0 Å². The molecule has 5 heteroatoms. The van der Waals surface area contributed by atoms with E-state index < -0.39 is 11.5 Å². The maximum absolute atomic E-state index is 12.5. The Hall–Kier alpha value is -1.88. The molecule has 1 aromatic carbocycles. The number of carboxylic acid groups (broad SMARTS) is 1. The smallest absolute Gasteiger partial charge is 0.323 e. The van der Waals surface area contributed by atoms with Gasteiger partial charge in [-0.25, -0.2) is 0 Å². The van der Waals surface area contributed by atoms with E-state index in [4.69, 9.17) is 0 Å². The van der Waals surface area contributed by atoms with Gasteiger partial charge in [-0.05, 0) is 38.4 Å². The van der Waals surface area contributed by atoms with Crippen LogP contribution in [-0.4, -0.2) is 47.1 Å². The third-order valence-corrected chi connectivity index (χ3v) is 4.21. The van der Waals surface area contributed by atoms with Gasteiger partial charge in [-0.15, -0.1) is 0 Å². The van der Waals surface area contributed by atoms with Gasteiger partial charge in [-0.2, -0.15) is 0 Å². The number of anilines is 1. The van der Waals surface area contributed by atoms with Crippen LogP contribution in [0.2, 0.25) is 0 Å². The maximum atomic E-state index is 12.5. The van der Waals surface area contributed by atoms with Crippen LogP contribution < -0.4 is 4.90 Å². The number of aliphatic carboxylic acids is 1. The first kappa shape index (κ1) is 15.5. The number of rotatable bonds is 5. The molecule has 0 atom stereocenters. The van der Waals surface area contributed by atoms with Crippen LogP contribution in [0.3, 0.4) is 0 Å². The Kier molecular flexibility index (Phi) is 4.32. The molecule has 1 heterocycles. The molecule has 0 fully saturated rings. The minimum absolute atomic E-state index is 0.0453. The van der Waals surface area contributed by atoms with E-state index in [-0.39, 0.29) is 12.5 Å². The van der Waals surface area contributed by atoms with E-state index >= 15 is 0 Å². The predicted octanol–water partition coefficient (Wildman–Crippen LogP) is 1.76. The predicted molar refractivity (Wildman–Crippen MR) is 81.5 cm³/mol. The van der Waals surface area contributed by atoms with Gasteiger partial charge >= 0.3 is 5.97 Å². The minimum atomic E-state index is -1.05. The van der Waals surface area contributed by atoms with Crippen LogP contribution >= 0.6 is 0 Å². The third kappa shape index (κ3) is 2.93. The number of nitrogens with zero attached hydrogens (tertiary/aromatic N) is 2. The summed E-state index contributed by atoms with van der Waals surface area (Å²) in [6, 6.07) is 7.86. The molecular weight excluding hydrogens is 268 g/mol. The molecule has 1 aliphatic rings. The highest BCUT2D eigenvalue weighted by molar-refractivity contribution is 5.97. The first-order chi connectivity index (χ1) is 9.87. The zero-order valence-corrected chi connectivity index (χ0v) is 12.8. The monoisotopic (exact) mass is 290 g/mol. The van der Waals surface area contributed by atoms with Crippen LogP contribution in [0.1, 0.15) is 26.3 Å². The van der Waals surface area contributed by atoms with Crippen molar-refractivity contribution in [3.8, 4) is 0 Å². The Balaban J connectivity index is 2.13. The molecule has 1 amide bonds. The van der Waals surface area contributed by atoms with Crippen molar-refractivity contribution in [2.45, 2.75) is 32.7 Å². The quantitative estimate of drug-likeness (QED) is 0.897. The molecular formula is C16H22N2O3. The zero-order chi connectivity index (χ0) is 15.6. The Morgan fingerprint density at radius 1 is 1.33 bits per heavy atom. The fourth-order valence-electron chi connectivity index (χ4n) is 2.69. The molecule has 1 aliphatic heterocycles. The zero-order valence-electron chi connectivity index (χ0n) is 12.8. The third-order valence-electron chi connectivity index (χ3n) is 4.21. The van der Waals surface area contributed by atoms with E-state index in [1.807, 2.05) is 31.2 Å². The van der Waals surface area contributed by atoms with E-state index in [1.54, 1.807) is 23.6 Å². The molecule has 1 aromatic rings. The number of para-hydroxylation sites is 1. The summed E-state index contributed by atoms with van der Waals surface area (Å²) >= 11 is 0. The Morgan fingerprint density at radius 3 is 2.62 bits per heavy atom. The average Bonchev–Trinajstić information content (AvgIpc) is 2.88. The summed E-state index contributed by atoms with van der Waals surface area (Å²) in [5.41, 5.74) is 1.07. The summed E-state index contributed by atoms with van der Waals surface area (Å²) in [5.74, 6) is -0.963. The maximum Gasteiger partial charge on any atom is 0.323 e. The summed E-state index contributed by atoms with van der Waals surface area (Å²) < 4.78 is 0. The molecule has 0 saturated carbocycles. The van der Waals surface area contributed by atoms with Gasteiger partial charge < -0.3 is 10.0 Å². The van der Waals surface area contributed by atoms with Gasteiger partial charge in [0, 0.05) is 12.2 Å². The lowest BCUT2D eigenvalue weighted by molar-refractivity contribution is -0.149. The number of carbonyl (C=O) groups excluding carboxylic acids is 1. The van der Waals surface area contributed by atoms with Crippen LogP contribution in [0.5, 0.6) is 0 Å². The molecule has 0 aromatic heterocycles. The molecule has 0 saturated heterocycles. The number of benzene rings is 1. The molecule has 5 nitrogen and oxygen atoms in total. The Labute approximate surface area is 125 Å². The number of carbonyl (C=O) groups is 2. The number of amides is 1. The molecule has 21 heavy (non-hydrogen) atoms. The summed E-state index contributed by atoms with van der Waals surface area (Å²) in [7, 11) is 0. The highest BCUT2D eigenvalue weighted by atomic mass is 16.4. The van der Waals surface area contributed by atoms with Gasteiger partial charge in [0.1, 0.15) is 5.54 Å². The van der Waals surface area contributed by atoms with Crippen LogP contribution in [-0.2, 0) is 16.0 Å². The van der Waals surface area contributed by atoms with Gasteiger partial charge in [0.25, 0.3) is 0 Å². The molecule has 114 valence electrons. The van der Waals surface area contributed by atoms with Gasteiger partial charge in [0.15, 0.2) is 0 Å². The first-order valence-corrected chi connectivity index (χ1v) is 7.24. The van der Waals surface area contributed by atoms with Crippen LogP contribution in [0.25, 0.3) is 0 Å². The van der Waals surface area contributed by atoms with Crippen molar-refractivity contribution in [3.05, 3.63) is 29.8 Å². The number of likely N-dealkylation sites (N-methyl/N-ethyl adjacent to an activating group) is 1. The Morgan fingerprint density at radius 2 is 2.00 bits per heavy atom. The number of carboxylic acids is 1. The Bertz CT molecular complexity index is 554. The van der Waals surface area contributed by atoms with E-state index in [1.165, 1.54) is 5.56 Å². The minimum Gasteiger partial charge on any atom is -0.480 e. The lowest BCUT2D eigenvalue weighted by Gasteiger charge is -2.34. The standard InChI is InChI=1S/C16H22N2O3/c1-4-17(16(2,3)15(20)21)11-14(19)18-10-9-12-7-5-6-8-13(12)18/h5-8H,4,9-11H2,1-3H3,(H,20,21). The average molecular weight is 290 g/mol. The second-order valence-corrected chi connectivity index (χ2v) is 5.80. The van der Waals surface area contributed by atoms with Gasteiger partial charge in [-0.1, -0.05) is 25.1 Å². The van der Waals surface area contributed by atoms with Crippen molar-refractivity contribution in [1.29, 1.82) is 0 Å².